The van der Waals surface area contributed by atoms with Crippen LogP contribution < -0.4 is 15.4 Å². The van der Waals surface area contributed by atoms with E-state index < -0.39 is 0 Å². The molecule has 4 rings (SSSR count). The van der Waals surface area contributed by atoms with E-state index in [1.54, 1.807) is 68.4 Å². The van der Waals surface area contributed by atoms with Crippen molar-refractivity contribution in [1.29, 1.82) is 5.26 Å². The summed E-state index contributed by atoms with van der Waals surface area (Å²) in [6.45, 7) is 2.20. The van der Waals surface area contributed by atoms with Gasteiger partial charge in [0.05, 0.1) is 30.5 Å². The minimum atomic E-state index is -0.337. The largest absolute Gasteiger partial charge is 0.497 e. The Morgan fingerprint density at radius 1 is 1.18 bits per heavy atom. The maximum absolute atomic E-state index is 13.1. The number of amides is 1. The molecule has 2 heterocycles. The van der Waals surface area contributed by atoms with Crippen LogP contribution in [0.5, 0.6) is 5.75 Å². The molecule has 0 radical (unpaired) electrons. The van der Waals surface area contributed by atoms with Gasteiger partial charge in [-0.05, 0) is 48.9 Å². The molecule has 0 fully saturated rings. The number of nitrogens with one attached hydrogen (secondary N) is 2. The van der Waals surface area contributed by atoms with Crippen LogP contribution in [0.15, 0.2) is 59.3 Å². The second-order valence-corrected chi connectivity index (χ2v) is 7.34. The van der Waals surface area contributed by atoms with Crippen molar-refractivity contribution < 1.29 is 14.1 Å². The monoisotopic (exact) mass is 442 g/mol. The van der Waals surface area contributed by atoms with E-state index in [4.69, 9.17) is 14.5 Å². The predicted octanol–water partition coefficient (Wildman–Crippen LogP) is 4.13. The molecule has 9 heteroatoms. The fourth-order valence-electron chi connectivity index (χ4n) is 3.39. The Hall–Kier alpha value is -4.58. The van der Waals surface area contributed by atoms with Crippen LogP contribution in [0.1, 0.15) is 27.2 Å². The lowest BCUT2D eigenvalue weighted by Gasteiger charge is -2.10. The van der Waals surface area contributed by atoms with Gasteiger partial charge in [-0.15, -0.1) is 0 Å². The number of aryl methyl sites for hydroxylation is 2. The first-order chi connectivity index (χ1) is 16.0. The van der Waals surface area contributed by atoms with E-state index in [1.807, 2.05) is 12.1 Å². The van der Waals surface area contributed by atoms with Gasteiger partial charge in [-0.3, -0.25) is 9.48 Å². The summed E-state index contributed by atoms with van der Waals surface area (Å²) in [7, 11) is 3.38. The number of nitriles is 1. The van der Waals surface area contributed by atoms with Gasteiger partial charge in [0.15, 0.2) is 0 Å². The van der Waals surface area contributed by atoms with Crippen LogP contribution in [0.4, 0.5) is 11.5 Å². The number of nitrogens with zero attached hydrogens (tertiary/aromatic N) is 4. The topological polar surface area (TPSA) is 118 Å². The summed E-state index contributed by atoms with van der Waals surface area (Å²) in [5, 5.41) is 23.7. The fraction of sp³-hybridized carbons (Fsp3) is 0.167. The molecule has 33 heavy (non-hydrogen) atoms. The lowest BCUT2D eigenvalue weighted by atomic mass is 10.1. The first-order valence-electron chi connectivity index (χ1n) is 10.2. The summed E-state index contributed by atoms with van der Waals surface area (Å²) < 4.78 is 12.2. The van der Waals surface area contributed by atoms with Crippen LogP contribution in [0.2, 0.25) is 0 Å². The third kappa shape index (κ3) is 4.55. The van der Waals surface area contributed by atoms with E-state index in [0.717, 1.165) is 5.56 Å². The average molecular weight is 442 g/mol. The summed E-state index contributed by atoms with van der Waals surface area (Å²) in [4.78, 5) is 13.1. The number of rotatable bonds is 7. The van der Waals surface area contributed by atoms with Crippen LogP contribution in [0.3, 0.4) is 0 Å². The number of methoxy groups -OCH3 is 1. The molecule has 0 atom stereocenters. The highest BCUT2D eigenvalue weighted by atomic mass is 16.5. The molecule has 0 aliphatic heterocycles. The van der Waals surface area contributed by atoms with Crippen molar-refractivity contribution >= 4 is 17.4 Å². The highest BCUT2D eigenvalue weighted by molar-refractivity contribution is 6.09. The van der Waals surface area contributed by atoms with E-state index in [9.17, 15) is 4.79 Å². The van der Waals surface area contributed by atoms with Gasteiger partial charge in [0, 0.05) is 19.3 Å². The van der Waals surface area contributed by atoms with Gasteiger partial charge in [-0.25, -0.2) is 0 Å². The number of benzene rings is 2. The molecule has 9 nitrogen and oxygen atoms in total. The lowest BCUT2D eigenvalue weighted by molar-refractivity contribution is 0.102. The molecule has 0 aliphatic carbocycles. The Bertz CT molecular complexity index is 1310. The SMILES string of the molecule is COc1ccc(NC(=O)c2c(-c3cnn(C)c3NCc3ccc(C#N)cc3)noc2C)cc1. The predicted molar refractivity (Wildman–Crippen MR) is 123 cm³/mol. The maximum atomic E-state index is 13.1. The van der Waals surface area contributed by atoms with Crippen molar-refractivity contribution in [3.8, 4) is 23.1 Å². The molecule has 2 aromatic carbocycles. The van der Waals surface area contributed by atoms with Gasteiger partial charge >= 0.3 is 0 Å². The summed E-state index contributed by atoms with van der Waals surface area (Å²) in [5.41, 5.74) is 3.59. The zero-order valence-electron chi connectivity index (χ0n) is 18.4. The summed E-state index contributed by atoms with van der Waals surface area (Å²) in [6, 6.07) is 16.5. The molecule has 0 saturated carbocycles. The van der Waals surface area contributed by atoms with Crippen LogP contribution in [0.25, 0.3) is 11.3 Å². The molecular formula is C24H22N6O3. The molecule has 0 unspecified atom stereocenters. The molecule has 1 amide bonds. The minimum absolute atomic E-state index is 0.334. The standard InChI is InChI=1S/C24H22N6O3/c1-15-21(24(31)28-18-8-10-19(32-3)11-9-18)22(29-33-15)20-14-27-30(2)23(20)26-13-17-6-4-16(12-25)5-7-17/h4-11,14,26H,13H2,1-3H3,(H,28,31). The molecule has 0 saturated heterocycles. The maximum Gasteiger partial charge on any atom is 0.261 e. The number of carbonyl (C=O) groups excluding carboxylic acids is 1. The van der Waals surface area contributed by atoms with Crippen molar-refractivity contribution in [3.63, 3.8) is 0 Å². The van der Waals surface area contributed by atoms with E-state index in [-0.39, 0.29) is 5.91 Å². The number of hydrogen-bond donors (Lipinski definition) is 2. The molecule has 2 aromatic heterocycles. The second kappa shape index (κ2) is 9.28. The smallest absolute Gasteiger partial charge is 0.261 e. The minimum Gasteiger partial charge on any atom is -0.497 e. The number of carbonyl (C=O) groups is 1. The summed E-state index contributed by atoms with van der Waals surface area (Å²) >= 11 is 0. The Morgan fingerprint density at radius 2 is 1.91 bits per heavy atom. The van der Waals surface area contributed by atoms with Crippen LogP contribution in [-0.4, -0.2) is 28.0 Å². The molecule has 0 bridgehead atoms. The quantitative estimate of drug-likeness (QED) is 0.442. The Morgan fingerprint density at radius 3 is 2.58 bits per heavy atom. The van der Waals surface area contributed by atoms with Gasteiger partial charge in [0.25, 0.3) is 5.91 Å². The first kappa shape index (κ1) is 21.6. The number of hydrogen-bond acceptors (Lipinski definition) is 7. The number of ether oxygens (including phenoxy) is 1. The number of aromatic nitrogens is 3. The highest BCUT2D eigenvalue weighted by Crippen LogP contribution is 2.32. The van der Waals surface area contributed by atoms with Crippen LogP contribution in [0, 0.1) is 18.3 Å². The van der Waals surface area contributed by atoms with Crippen molar-refractivity contribution in [1.82, 2.24) is 14.9 Å². The van der Waals surface area contributed by atoms with E-state index >= 15 is 0 Å². The van der Waals surface area contributed by atoms with Crippen molar-refractivity contribution in [3.05, 3.63) is 77.2 Å². The summed E-state index contributed by atoms with van der Waals surface area (Å²) in [6.07, 6.45) is 1.64. The number of anilines is 2. The van der Waals surface area contributed by atoms with E-state index in [1.165, 1.54) is 0 Å². The molecule has 166 valence electrons. The van der Waals surface area contributed by atoms with Gasteiger partial charge in [0.2, 0.25) is 0 Å². The highest BCUT2D eigenvalue weighted by Gasteiger charge is 2.25. The molecule has 0 aliphatic rings. The molecular weight excluding hydrogens is 420 g/mol. The fourth-order valence-corrected chi connectivity index (χ4v) is 3.39. The molecule has 2 N–H and O–H groups in total. The Kier molecular flexibility index (Phi) is 6.09. The van der Waals surface area contributed by atoms with Gasteiger partial charge in [-0.2, -0.15) is 10.4 Å². The van der Waals surface area contributed by atoms with Gasteiger partial charge < -0.3 is 19.9 Å². The van der Waals surface area contributed by atoms with E-state index in [0.29, 0.717) is 51.9 Å². The Labute approximate surface area is 190 Å². The molecule has 0 spiro atoms. The van der Waals surface area contributed by atoms with Crippen molar-refractivity contribution in [2.45, 2.75) is 13.5 Å². The third-order valence-electron chi connectivity index (χ3n) is 5.17. The third-order valence-corrected chi connectivity index (χ3v) is 5.17. The van der Waals surface area contributed by atoms with Crippen molar-refractivity contribution in [2.75, 3.05) is 17.7 Å². The van der Waals surface area contributed by atoms with Crippen LogP contribution >= 0.6 is 0 Å². The normalized spacial score (nSPS) is 10.5. The van der Waals surface area contributed by atoms with Crippen LogP contribution in [-0.2, 0) is 13.6 Å². The van der Waals surface area contributed by atoms with E-state index in [2.05, 4.69) is 27.0 Å². The average Bonchev–Trinajstić information content (AvgIpc) is 3.40. The lowest BCUT2D eigenvalue weighted by Crippen LogP contribution is -2.14. The second-order valence-electron chi connectivity index (χ2n) is 7.34. The zero-order valence-corrected chi connectivity index (χ0v) is 18.4. The molecule has 4 aromatic rings. The Balaban J connectivity index is 1.58. The van der Waals surface area contributed by atoms with Crippen molar-refractivity contribution in [2.24, 2.45) is 7.05 Å². The zero-order chi connectivity index (χ0) is 23.4. The summed E-state index contributed by atoms with van der Waals surface area (Å²) in [5.74, 6) is 1.45. The van der Waals surface area contributed by atoms with Gasteiger partial charge in [-0.1, -0.05) is 17.3 Å². The van der Waals surface area contributed by atoms with Gasteiger partial charge in [0.1, 0.15) is 28.6 Å². The first-order valence-corrected chi connectivity index (χ1v) is 10.2.